The molecule has 3 aromatic rings. The number of pyridine rings is 1. The van der Waals surface area contributed by atoms with Crippen molar-refractivity contribution >= 4 is 34.4 Å². The number of ketones is 1. The van der Waals surface area contributed by atoms with Crippen LogP contribution in [0.5, 0.6) is 11.5 Å². The number of carbonyl (C=O) groups excluding carboxylic acids is 2. The highest BCUT2D eigenvalue weighted by Crippen LogP contribution is 2.34. The van der Waals surface area contributed by atoms with E-state index in [1.54, 1.807) is 49.6 Å². The zero-order valence-corrected chi connectivity index (χ0v) is 20.6. The van der Waals surface area contributed by atoms with Crippen LogP contribution in [-0.4, -0.2) is 34.2 Å². The molecule has 2 atom stereocenters. The summed E-state index contributed by atoms with van der Waals surface area (Å²) in [5.41, 5.74) is 2.21. The van der Waals surface area contributed by atoms with Crippen LogP contribution in [0.3, 0.4) is 0 Å². The fourth-order valence-corrected chi connectivity index (χ4v) is 4.59. The van der Waals surface area contributed by atoms with E-state index in [-0.39, 0.29) is 5.92 Å². The monoisotopic (exact) mass is 492 g/mol. The predicted molar refractivity (Wildman–Crippen MR) is 135 cm³/mol. The van der Waals surface area contributed by atoms with Crippen LogP contribution < -0.4 is 10.1 Å². The number of hydrogen-bond donors (Lipinski definition) is 1. The summed E-state index contributed by atoms with van der Waals surface area (Å²) in [6, 6.07) is 16.4. The standard InChI is InChI=1S/C27H28N2O5S/c1-3-33-27(31)19-5-13-26(28-17-19)29-21-6-12-25(20(16-21)14-18-4-7-22(30)15-18)34-23-8-10-24(11-9-23)35(2)32/h5-6,8-13,16-18H,3-4,7,14-15H2,1-2H3,(H,28,29). The number of rotatable bonds is 9. The summed E-state index contributed by atoms with van der Waals surface area (Å²) in [4.78, 5) is 28.7. The van der Waals surface area contributed by atoms with Gasteiger partial charge in [0.15, 0.2) is 4.90 Å². The van der Waals surface area contributed by atoms with Crippen molar-refractivity contribution in [1.29, 1.82) is 0 Å². The lowest BCUT2D eigenvalue weighted by Gasteiger charge is -2.16. The summed E-state index contributed by atoms with van der Waals surface area (Å²) < 4.78 is 22.8. The lowest BCUT2D eigenvalue weighted by Crippen LogP contribution is -2.06. The first-order valence-corrected chi connectivity index (χ1v) is 13.1. The first-order valence-electron chi connectivity index (χ1n) is 11.6. The molecular weight excluding hydrogens is 464 g/mol. The Labute approximate surface area is 208 Å². The molecule has 0 bridgehead atoms. The van der Waals surface area contributed by atoms with Crippen molar-refractivity contribution in [2.75, 3.05) is 18.2 Å². The molecule has 8 heteroatoms. The lowest BCUT2D eigenvalue weighted by molar-refractivity contribution is -0.117. The van der Waals surface area contributed by atoms with Gasteiger partial charge in [0.1, 0.15) is 29.4 Å². The number of carbonyl (C=O) groups is 2. The van der Waals surface area contributed by atoms with Crippen molar-refractivity contribution in [2.24, 2.45) is 5.92 Å². The molecule has 2 aromatic carbocycles. The molecule has 0 spiro atoms. The fourth-order valence-electron chi connectivity index (χ4n) is 4.07. The number of benzene rings is 2. The number of ether oxygens (including phenoxy) is 2. The Hall–Kier alpha value is -3.36. The Morgan fingerprint density at radius 2 is 1.97 bits per heavy atom. The van der Waals surface area contributed by atoms with Gasteiger partial charge in [-0.15, -0.1) is 0 Å². The second kappa shape index (κ2) is 11.4. The van der Waals surface area contributed by atoms with Crippen molar-refractivity contribution in [3.63, 3.8) is 0 Å². The number of esters is 1. The molecule has 0 amide bonds. The van der Waals surface area contributed by atoms with Gasteiger partial charge in [-0.05, 0) is 97.0 Å². The van der Waals surface area contributed by atoms with Gasteiger partial charge in [0, 0.05) is 24.7 Å². The van der Waals surface area contributed by atoms with Crippen LogP contribution in [0.4, 0.5) is 11.5 Å². The van der Waals surface area contributed by atoms with Crippen molar-refractivity contribution in [3.8, 4) is 11.5 Å². The highest BCUT2D eigenvalue weighted by molar-refractivity contribution is 7.90. The molecule has 0 aliphatic heterocycles. The Morgan fingerprint density at radius 3 is 2.60 bits per heavy atom. The molecular formula is C27H28N2O5S. The average Bonchev–Trinajstić information content (AvgIpc) is 3.26. The molecule has 1 aliphatic carbocycles. The second-order valence-electron chi connectivity index (χ2n) is 8.48. The van der Waals surface area contributed by atoms with Crippen LogP contribution in [0.1, 0.15) is 42.1 Å². The first kappa shape index (κ1) is 24.8. The Kier molecular flexibility index (Phi) is 8.05. The number of anilines is 2. The van der Waals surface area contributed by atoms with E-state index >= 15 is 0 Å². The molecule has 0 saturated heterocycles. The third-order valence-electron chi connectivity index (χ3n) is 5.85. The molecule has 7 nitrogen and oxygen atoms in total. The van der Waals surface area contributed by atoms with Crippen molar-refractivity contribution < 1.29 is 23.6 Å². The zero-order valence-electron chi connectivity index (χ0n) is 19.8. The summed E-state index contributed by atoms with van der Waals surface area (Å²) in [6.07, 6.45) is 5.94. The number of nitrogens with one attached hydrogen (secondary N) is 1. The largest absolute Gasteiger partial charge is 0.612 e. The number of Topliss-reactive ketones (excluding diaryl/α,β-unsaturated/α-hetero) is 1. The van der Waals surface area contributed by atoms with Gasteiger partial charge in [-0.25, -0.2) is 9.78 Å². The molecule has 1 N–H and O–H groups in total. The van der Waals surface area contributed by atoms with E-state index in [9.17, 15) is 14.1 Å². The molecule has 4 rings (SSSR count). The number of nitrogens with zero attached hydrogens (tertiary/aromatic N) is 1. The predicted octanol–water partition coefficient (Wildman–Crippen LogP) is 5.44. The maximum absolute atomic E-state index is 11.9. The third-order valence-corrected chi connectivity index (χ3v) is 6.78. The highest BCUT2D eigenvalue weighted by Gasteiger charge is 2.24. The van der Waals surface area contributed by atoms with Crippen LogP contribution in [-0.2, 0) is 27.1 Å². The number of hydrogen-bond acceptors (Lipinski definition) is 7. The average molecular weight is 493 g/mol. The van der Waals surface area contributed by atoms with E-state index in [0.29, 0.717) is 48.1 Å². The quantitative estimate of drug-likeness (QED) is 0.313. The van der Waals surface area contributed by atoms with E-state index in [2.05, 4.69) is 10.3 Å². The second-order valence-corrected chi connectivity index (χ2v) is 9.86. The molecule has 1 fully saturated rings. The smallest absolute Gasteiger partial charge is 0.339 e. The van der Waals surface area contributed by atoms with E-state index in [0.717, 1.165) is 29.0 Å². The molecule has 2 unspecified atom stereocenters. The molecule has 35 heavy (non-hydrogen) atoms. The van der Waals surface area contributed by atoms with Crippen molar-refractivity contribution in [1.82, 2.24) is 4.98 Å². The molecule has 1 aromatic heterocycles. The fraction of sp³-hybridized carbons (Fsp3) is 0.296. The maximum Gasteiger partial charge on any atom is 0.339 e. The van der Waals surface area contributed by atoms with Gasteiger partial charge in [-0.3, -0.25) is 4.79 Å². The van der Waals surface area contributed by atoms with E-state index in [1.807, 2.05) is 18.2 Å². The van der Waals surface area contributed by atoms with Gasteiger partial charge in [-0.1, -0.05) is 0 Å². The Morgan fingerprint density at radius 1 is 1.17 bits per heavy atom. The first-order chi connectivity index (χ1) is 16.9. The summed E-state index contributed by atoms with van der Waals surface area (Å²) in [7, 11) is 0. The summed E-state index contributed by atoms with van der Waals surface area (Å²) in [6.45, 7) is 2.07. The molecule has 1 heterocycles. The topological polar surface area (TPSA) is 101 Å². The van der Waals surface area contributed by atoms with Gasteiger partial charge in [-0.2, -0.15) is 0 Å². The Balaban J connectivity index is 1.54. The van der Waals surface area contributed by atoms with Crippen LogP contribution >= 0.6 is 0 Å². The van der Waals surface area contributed by atoms with Crippen molar-refractivity contribution in [3.05, 3.63) is 71.9 Å². The van der Waals surface area contributed by atoms with Crippen LogP contribution in [0.15, 0.2) is 65.7 Å². The van der Waals surface area contributed by atoms with Gasteiger partial charge >= 0.3 is 5.97 Å². The van der Waals surface area contributed by atoms with Crippen LogP contribution in [0.2, 0.25) is 0 Å². The lowest BCUT2D eigenvalue weighted by atomic mass is 9.97. The SMILES string of the molecule is CCOC(=O)c1ccc(Nc2ccc(Oc3ccc([S+](C)[O-])cc3)c(CC3CCC(=O)C3)c2)nc1. The summed E-state index contributed by atoms with van der Waals surface area (Å²) in [5, 5.41) is 3.27. The van der Waals surface area contributed by atoms with Gasteiger partial charge in [0.25, 0.3) is 0 Å². The van der Waals surface area contributed by atoms with E-state index in [4.69, 9.17) is 9.47 Å². The van der Waals surface area contributed by atoms with Gasteiger partial charge in [0.2, 0.25) is 0 Å². The summed E-state index contributed by atoms with van der Waals surface area (Å²) in [5.74, 6) is 2.15. The van der Waals surface area contributed by atoms with Gasteiger partial charge in [0.05, 0.1) is 12.2 Å². The minimum atomic E-state index is -1.05. The molecule has 0 radical (unpaired) electrons. The zero-order chi connectivity index (χ0) is 24.8. The molecule has 1 aliphatic rings. The van der Waals surface area contributed by atoms with Crippen LogP contribution in [0.25, 0.3) is 0 Å². The minimum absolute atomic E-state index is 0.284. The normalized spacial score (nSPS) is 16.1. The third kappa shape index (κ3) is 6.61. The minimum Gasteiger partial charge on any atom is -0.612 e. The van der Waals surface area contributed by atoms with E-state index < -0.39 is 17.1 Å². The number of aromatic nitrogens is 1. The van der Waals surface area contributed by atoms with Crippen LogP contribution in [0, 0.1) is 5.92 Å². The molecule has 1 saturated carbocycles. The van der Waals surface area contributed by atoms with Gasteiger partial charge < -0.3 is 19.3 Å². The summed E-state index contributed by atoms with van der Waals surface area (Å²) >= 11 is -1.05. The highest BCUT2D eigenvalue weighted by atomic mass is 32.2. The Bertz CT molecular complexity index is 1180. The maximum atomic E-state index is 11.9. The van der Waals surface area contributed by atoms with E-state index in [1.165, 1.54) is 6.20 Å². The molecule has 182 valence electrons. The van der Waals surface area contributed by atoms with Crippen molar-refractivity contribution in [2.45, 2.75) is 37.5 Å².